The predicted molar refractivity (Wildman–Crippen MR) is 132 cm³/mol. The Hall–Kier alpha value is -3.66. The molecule has 3 aromatic rings. The summed E-state index contributed by atoms with van der Waals surface area (Å²) in [6.07, 6.45) is 5.29. The summed E-state index contributed by atoms with van der Waals surface area (Å²) in [5.41, 5.74) is 1.67. The Morgan fingerprint density at radius 2 is 2.06 bits per heavy atom. The standard InChI is InChI=1S/C24H28ClN7O3/c1-16-10-22(29-24(28-16)31-7-6-26-15-31)32-9-8-30(17(2)33)14-19(32)12-23(34)27-13-18-4-5-21(35-3)20(25)11-18/h4-7,10-11,15,19H,8-9,12-14H2,1-3H3,(H,27,34). The fraction of sp³-hybridized carbons (Fsp3) is 0.375. The summed E-state index contributed by atoms with van der Waals surface area (Å²) in [5.74, 6) is 1.66. The van der Waals surface area contributed by atoms with Crippen molar-refractivity contribution in [2.24, 2.45) is 0 Å². The van der Waals surface area contributed by atoms with E-state index < -0.39 is 0 Å². The molecule has 1 saturated heterocycles. The van der Waals surface area contributed by atoms with Gasteiger partial charge < -0.3 is 19.9 Å². The summed E-state index contributed by atoms with van der Waals surface area (Å²) in [6.45, 7) is 5.33. The Morgan fingerprint density at radius 1 is 1.23 bits per heavy atom. The average Bonchev–Trinajstić information content (AvgIpc) is 3.37. The van der Waals surface area contributed by atoms with Crippen molar-refractivity contribution < 1.29 is 14.3 Å². The number of nitrogens with zero attached hydrogens (tertiary/aromatic N) is 6. The first-order valence-electron chi connectivity index (χ1n) is 11.3. The number of carbonyl (C=O) groups excluding carboxylic acids is 2. The van der Waals surface area contributed by atoms with Crippen LogP contribution in [0.3, 0.4) is 0 Å². The molecule has 1 unspecified atom stereocenters. The Morgan fingerprint density at radius 3 is 2.74 bits per heavy atom. The van der Waals surface area contributed by atoms with Crippen LogP contribution in [0.25, 0.3) is 5.95 Å². The van der Waals surface area contributed by atoms with E-state index in [0.717, 1.165) is 11.3 Å². The molecule has 11 heteroatoms. The molecule has 4 rings (SSSR count). The number of imidazole rings is 1. The number of piperazine rings is 1. The summed E-state index contributed by atoms with van der Waals surface area (Å²) < 4.78 is 6.92. The van der Waals surface area contributed by atoms with Crippen LogP contribution in [0.1, 0.15) is 24.6 Å². The third-order valence-corrected chi connectivity index (χ3v) is 6.21. The van der Waals surface area contributed by atoms with Gasteiger partial charge in [0.15, 0.2) is 0 Å². The molecule has 0 radical (unpaired) electrons. The van der Waals surface area contributed by atoms with E-state index in [1.54, 1.807) is 54.4 Å². The van der Waals surface area contributed by atoms with E-state index in [4.69, 9.17) is 21.3 Å². The molecular formula is C24H28ClN7O3. The molecule has 1 fully saturated rings. The number of methoxy groups -OCH3 is 1. The van der Waals surface area contributed by atoms with E-state index in [1.165, 1.54) is 0 Å². The van der Waals surface area contributed by atoms with Crippen LogP contribution in [0.15, 0.2) is 43.0 Å². The highest BCUT2D eigenvalue weighted by molar-refractivity contribution is 6.32. The fourth-order valence-corrected chi connectivity index (χ4v) is 4.38. The number of anilines is 1. The third kappa shape index (κ3) is 5.89. The molecule has 3 heterocycles. The quantitative estimate of drug-likeness (QED) is 0.534. The molecule has 0 aliphatic carbocycles. The summed E-state index contributed by atoms with van der Waals surface area (Å²) in [5, 5.41) is 3.45. The van der Waals surface area contributed by atoms with Crippen LogP contribution in [-0.2, 0) is 16.1 Å². The van der Waals surface area contributed by atoms with Gasteiger partial charge in [-0.05, 0) is 24.6 Å². The first-order chi connectivity index (χ1) is 16.8. The lowest BCUT2D eigenvalue weighted by atomic mass is 10.1. The SMILES string of the molecule is COc1ccc(CNC(=O)CC2CN(C(C)=O)CCN2c2cc(C)nc(-n3ccnc3)n2)cc1Cl. The molecule has 0 saturated carbocycles. The number of halogens is 1. The first-order valence-corrected chi connectivity index (χ1v) is 11.7. The number of amides is 2. The number of nitrogens with one attached hydrogen (secondary N) is 1. The van der Waals surface area contributed by atoms with Crippen LogP contribution < -0.4 is 15.0 Å². The molecule has 2 aromatic heterocycles. The van der Waals surface area contributed by atoms with E-state index in [9.17, 15) is 9.59 Å². The maximum absolute atomic E-state index is 12.9. The molecule has 1 atom stereocenters. The maximum atomic E-state index is 12.9. The lowest BCUT2D eigenvalue weighted by molar-refractivity contribution is -0.130. The molecule has 1 N–H and O–H groups in total. The van der Waals surface area contributed by atoms with Gasteiger partial charge in [0, 0.05) is 63.7 Å². The monoisotopic (exact) mass is 497 g/mol. The van der Waals surface area contributed by atoms with Crippen molar-refractivity contribution in [3.8, 4) is 11.7 Å². The highest BCUT2D eigenvalue weighted by atomic mass is 35.5. The Bertz CT molecular complexity index is 1200. The molecule has 0 bridgehead atoms. The van der Waals surface area contributed by atoms with Crippen LogP contribution in [0.4, 0.5) is 5.82 Å². The molecule has 2 amide bonds. The van der Waals surface area contributed by atoms with Gasteiger partial charge in [0.1, 0.15) is 17.9 Å². The van der Waals surface area contributed by atoms with Crippen LogP contribution in [0.5, 0.6) is 5.75 Å². The molecule has 35 heavy (non-hydrogen) atoms. The molecule has 10 nitrogen and oxygen atoms in total. The number of hydrogen-bond donors (Lipinski definition) is 1. The van der Waals surface area contributed by atoms with Crippen LogP contribution in [0.2, 0.25) is 5.02 Å². The van der Waals surface area contributed by atoms with Crippen LogP contribution in [-0.4, -0.2) is 69.0 Å². The lowest BCUT2D eigenvalue weighted by Crippen LogP contribution is -2.56. The van der Waals surface area contributed by atoms with Crippen molar-refractivity contribution in [3.05, 3.63) is 59.3 Å². The van der Waals surface area contributed by atoms with Gasteiger partial charge in [0.25, 0.3) is 0 Å². The van der Waals surface area contributed by atoms with Gasteiger partial charge in [0.05, 0.1) is 18.2 Å². The number of aryl methyl sites for hydroxylation is 1. The first kappa shape index (κ1) is 24.5. The van der Waals surface area contributed by atoms with Crippen molar-refractivity contribution >= 4 is 29.2 Å². The largest absolute Gasteiger partial charge is 0.495 e. The summed E-state index contributed by atoms with van der Waals surface area (Å²) in [6, 6.07) is 7.06. The number of rotatable bonds is 7. The molecule has 0 spiro atoms. The minimum absolute atomic E-state index is 0.0131. The third-order valence-electron chi connectivity index (χ3n) is 5.91. The number of carbonyl (C=O) groups is 2. The minimum atomic E-state index is -0.239. The Balaban J connectivity index is 1.50. The van der Waals surface area contributed by atoms with Gasteiger partial charge in [-0.25, -0.2) is 9.97 Å². The zero-order valence-electron chi connectivity index (χ0n) is 19.9. The highest BCUT2D eigenvalue weighted by Crippen LogP contribution is 2.25. The van der Waals surface area contributed by atoms with E-state index in [2.05, 4.69) is 20.2 Å². The number of ether oxygens (including phenoxy) is 1. The molecule has 1 aliphatic rings. The second kappa shape index (κ2) is 10.7. The molecule has 1 aliphatic heterocycles. The maximum Gasteiger partial charge on any atom is 0.237 e. The van der Waals surface area contributed by atoms with Gasteiger partial charge in [0.2, 0.25) is 17.8 Å². The zero-order valence-corrected chi connectivity index (χ0v) is 20.7. The normalized spacial score (nSPS) is 15.7. The zero-order chi connectivity index (χ0) is 24.9. The summed E-state index contributed by atoms with van der Waals surface area (Å²) in [7, 11) is 1.56. The highest BCUT2D eigenvalue weighted by Gasteiger charge is 2.31. The van der Waals surface area contributed by atoms with Crippen LogP contribution in [0, 0.1) is 6.92 Å². The summed E-state index contributed by atoms with van der Waals surface area (Å²) in [4.78, 5) is 42.1. The van der Waals surface area contributed by atoms with Gasteiger partial charge >= 0.3 is 0 Å². The lowest BCUT2D eigenvalue weighted by Gasteiger charge is -2.41. The van der Waals surface area contributed by atoms with E-state index in [-0.39, 0.29) is 24.3 Å². The van der Waals surface area contributed by atoms with E-state index in [1.807, 2.05) is 19.1 Å². The number of hydrogen-bond acceptors (Lipinski definition) is 7. The second-order valence-electron chi connectivity index (χ2n) is 8.40. The number of benzene rings is 1. The smallest absolute Gasteiger partial charge is 0.237 e. The molecule has 184 valence electrons. The van der Waals surface area contributed by atoms with Gasteiger partial charge in [-0.1, -0.05) is 17.7 Å². The van der Waals surface area contributed by atoms with Gasteiger partial charge in [-0.3, -0.25) is 14.2 Å². The Kier molecular flexibility index (Phi) is 7.50. The number of aromatic nitrogens is 4. The van der Waals surface area contributed by atoms with E-state index >= 15 is 0 Å². The molecule has 1 aromatic carbocycles. The topological polar surface area (TPSA) is 105 Å². The van der Waals surface area contributed by atoms with Crippen molar-refractivity contribution in [1.29, 1.82) is 0 Å². The average molecular weight is 498 g/mol. The van der Waals surface area contributed by atoms with Crippen LogP contribution >= 0.6 is 11.6 Å². The van der Waals surface area contributed by atoms with E-state index in [0.29, 0.717) is 48.7 Å². The van der Waals surface area contributed by atoms with Gasteiger partial charge in [-0.2, -0.15) is 4.98 Å². The summed E-state index contributed by atoms with van der Waals surface area (Å²) >= 11 is 6.20. The van der Waals surface area contributed by atoms with Crippen molar-refractivity contribution in [1.82, 2.24) is 29.7 Å². The minimum Gasteiger partial charge on any atom is -0.495 e. The Labute approximate surface area is 208 Å². The fourth-order valence-electron chi connectivity index (χ4n) is 4.10. The van der Waals surface area contributed by atoms with Crippen molar-refractivity contribution in [2.45, 2.75) is 32.9 Å². The predicted octanol–water partition coefficient (Wildman–Crippen LogP) is 2.38. The van der Waals surface area contributed by atoms with Crippen molar-refractivity contribution in [3.63, 3.8) is 0 Å². The second-order valence-corrected chi connectivity index (χ2v) is 8.81. The molecular weight excluding hydrogens is 470 g/mol. The van der Waals surface area contributed by atoms with Gasteiger partial charge in [-0.15, -0.1) is 0 Å². The van der Waals surface area contributed by atoms with Crippen molar-refractivity contribution in [2.75, 3.05) is 31.6 Å².